The minimum absolute atomic E-state index is 0.104. The van der Waals surface area contributed by atoms with Gasteiger partial charge in [0.1, 0.15) is 0 Å². The van der Waals surface area contributed by atoms with E-state index in [0.717, 1.165) is 38.1 Å². The molecule has 2 unspecified atom stereocenters. The van der Waals surface area contributed by atoms with Gasteiger partial charge in [0.2, 0.25) is 0 Å². The molecule has 100 valence electrons. The van der Waals surface area contributed by atoms with Gasteiger partial charge in [-0.3, -0.25) is 4.99 Å². The zero-order valence-electron chi connectivity index (χ0n) is 11.5. The number of ether oxygens (including phenoxy) is 1. The van der Waals surface area contributed by atoms with Gasteiger partial charge in [-0.2, -0.15) is 0 Å². The molecule has 2 atom stereocenters. The number of aliphatic hydroxyl groups is 1. The highest BCUT2D eigenvalue weighted by atomic mass is 16.5. The summed E-state index contributed by atoms with van der Waals surface area (Å²) in [6.45, 7) is 6.90. The van der Waals surface area contributed by atoms with Gasteiger partial charge in [0.15, 0.2) is 0 Å². The smallest absolute Gasteiger partial charge is 0.0933 e. The summed E-state index contributed by atoms with van der Waals surface area (Å²) in [6, 6.07) is 0.393. The Morgan fingerprint density at radius 3 is 2.71 bits per heavy atom. The highest BCUT2D eigenvalue weighted by molar-refractivity contribution is 5.79. The van der Waals surface area contributed by atoms with E-state index < -0.39 is 0 Å². The van der Waals surface area contributed by atoms with Crippen molar-refractivity contribution in [1.29, 1.82) is 0 Å². The van der Waals surface area contributed by atoms with E-state index in [1.165, 1.54) is 0 Å². The third-order valence-corrected chi connectivity index (χ3v) is 3.43. The summed E-state index contributed by atoms with van der Waals surface area (Å²) in [5, 5.41) is 12.8. The van der Waals surface area contributed by atoms with E-state index in [4.69, 9.17) is 4.74 Å². The lowest BCUT2D eigenvalue weighted by Crippen LogP contribution is -2.32. The van der Waals surface area contributed by atoms with Crippen LogP contribution in [-0.4, -0.2) is 42.3 Å². The molecule has 1 aliphatic carbocycles. The van der Waals surface area contributed by atoms with Gasteiger partial charge in [-0.15, -0.1) is 0 Å². The number of hydrogen-bond acceptors (Lipinski definition) is 3. The lowest BCUT2D eigenvalue weighted by Gasteiger charge is -2.21. The highest BCUT2D eigenvalue weighted by Crippen LogP contribution is 2.18. The zero-order valence-corrected chi connectivity index (χ0v) is 11.5. The summed E-state index contributed by atoms with van der Waals surface area (Å²) in [7, 11) is 1.73. The van der Waals surface area contributed by atoms with Crippen LogP contribution in [-0.2, 0) is 4.74 Å². The Hall–Kier alpha value is -0.610. The Labute approximate surface area is 104 Å². The molecule has 0 saturated heterocycles. The molecule has 0 aromatic rings. The lowest BCUT2D eigenvalue weighted by molar-refractivity contribution is 0.0177. The lowest BCUT2D eigenvalue weighted by atomic mass is 10.1. The summed E-state index contributed by atoms with van der Waals surface area (Å²) in [4.78, 5) is 4.49. The van der Waals surface area contributed by atoms with Crippen LogP contribution in [0.4, 0.5) is 0 Å². The molecule has 0 spiro atoms. The Morgan fingerprint density at radius 2 is 2.18 bits per heavy atom. The standard InChI is InChI=1S/C13H26N2O2/c1-10(14-8-7-13(2,3)17-4)15-11-5-6-12(16)9-11/h11-12,16H,5-9H2,1-4H3,(H,14,15). The van der Waals surface area contributed by atoms with Crippen LogP contribution in [0.3, 0.4) is 0 Å². The molecule has 4 nitrogen and oxygen atoms in total. The Morgan fingerprint density at radius 1 is 1.47 bits per heavy atom. The quantitative estimate of drug-likeness (QED) is 0.570. The van der Waals surface area contributed by atoms with Crippen molar-refractivity contribution >= 4 is 5.84 Å². The van der Waals surface area contributed by atoms with E-state index >= 15 is 0 Å². The topological polar surface area (TPSA) is 53.8 Å². The molecule has 0 aromatic carbocycles. The molecule has 0 heterocycles. The number of nitrogens with one attached hydrogen (secondary N) is 1. The third kappa shape index (κ3) is 5.50. The van der Waals surface area contributed by atoms with Crippen LogP contribution in [0.15, 0.2) is 4.99 Å². The molecule has 0 aliphatic heterocycles. The Kier molecular flexibility index (Phi) is 5.40. The van der Waals surface area contributed by atoms with Crippen molar-refractivity contribution in [1.82, 2.24) is 5.32 Å². The van der Waals surface area contributed by atoms with E-state index in [2.05, 4.69) is 24.2 Å². The molecule has 1 aliphatic rings. The maximum absolute atomic E-state index is 9.43. The molecule has 0 aromatic heterocycles. The van der Waals surface area contributed by atoms with Gasteiger partial charge in [0, 0.05) is 19.7 Å². The summed E-state index contributed by atoms with van der Waals surface area (Å²) in [6.07, 6.45) is 3.57. The first-order valence-electron chi connectivity index (χ1n) is 6.44. The molecule has 1 saturated carbocycles. The second-order valence-electron chi connectivity index (χ2n) is 5.49. The number of aliphatic hydroxyl groups excluding tert-OH is 1. The SMILES string of the molecule is COC(C)(C)CCN=C(C)NC1CCC(O)C1. The van der Waals surface area contributed by atoms with E-state index in [1.54, 1.807) is 7.11 Å². The van der Waals surface area contributed by atoms with Crippen molar-refractivity contribution in [3.05, 3.63) is 0 Å². The van der Waals surface area contributed by atoms with Crippen molar-refractivity contribution in [2.45, 2.75) is 64.2 Å². The van der Waals surface area contributed by atoms with Crippen LogP contribution < -0.4 is 5.32 Å². The number of aliphatic imine (C=N–C) groups is 1. The van der Waals surface area contributed by atoms with Crippen LogP contribution >= 0.6 is 0 Å². The number of methoxy groups -OCH3 is 1. The van der Waals surface area contributed by atoms with Gasteiger partial charge in [-0.25, -0.2) is 0 Å². The first kappa shape index (κ1) is 14.5. The average Bonchev–Trinajstić information content (AvgIpc) is 2.63. The highest BCUT2D eigenvalue weighted by Gasteiger charge is 2.22. The monoisotopic (exact) mass is 242 g/mol. The van der Waals surface area contributed by atoms with Crippen molar-refractivity contribution in [2.75, 3.05) is 13.7 Å². The summed E-state index contributed by atoms with van der Waals surface area (Å²) in [5.74, 6) is 0.969. The van der Waals surface area contributed by atoms with Crippen molar-refractivity contribution < 1.29 is 9.84 Å². The van der Waals surface area contributed by atoms with Gasteiger partial charge in [-0.1, -0.05) is 0 Å². The predicted octanol–water partition coefficient (Wildman–Crippen LogP) is 1.72. The van der Waals surface area contributed by atoms with E-state index in [1.807, 2.05) is 6.92 Å². The number of rotatable bonds is 5. The maximum Gasteiger partial charge on any atom is 0.0933 e. The van der Waals surface area contributed by atoms with E-state index in [9.17, 15) is 5.11 Å². The minimum Gasteiger partial charge on any atom is -0.393 e. The molecule has 1 fully saturated rings. The molecule has 0 amide bonds. The number of nitrogens with zero attached hydrogens (tertiary/aromatic N) is 1. The van der Waals surface area contributed by atoms with E-state index in [-0.39, 0.29) is 11.7 Å². The van der Waals surface area contributed by atoms with Gasteiger partial charge >= 0.3 is 0 Å². The first-order valence-corrected chi connectivity index (χ1v) is 6.44. The van der Waals surface area contributed by atoms with Crippen LogP contribution in [0, 0.1) is 0 Å². The second kappa shape index (κ2) is 6.36. The van der Waals surface area contributed by atoms with E-state index in [0.29, 0.717) is 6.04 Å². The minimum atomic E-state index is -0.132. The molecule has 0 radical (unpaired) electrons. The van der Waals surface area contributed by atoms with Gasteiger partial charge < -0.3 is 15.2 Å². The number of amidine groups is 1. The predicted molar refractivity (Wildman–Crippen MR) is 70.5 cm³/mol. The summed E-state index contributed by atoms with van der Waals surface area (Å²) >= 11 is 0. The Bertz CT molecular complexity index is 264. The fourth-order valence-corrected chi connectivity index (χ4v) is 2.02. The fourth-order valence-electron chi connectivity index (χ4n) is 2.02. The van der Waals surface area contributed by atoms with Gasteiger partial charge in [0.25, 0.3) is 0 Å². The summed E-state index contributed by atoms with van der Waals surface area (Å²) in [5.41, 5.74) is -0.104. The fraction of sp³-hybridized carbons (Fsp3) is 0.923. The van der Waals surface area contributed by atoms with Crippen LogP contribution in [0.5, 0.6) is 0 Å². The van der Waals surface area contributed by atoms with Crippen LogP contribution in [0.1, 0.15) is 46.5 Å². The third-order valence-electron chi connectivity index (χ3n) is 3.43. The largest absolute Gasteiger partial charge is 0.393 e. The molecular weight excluding hydrogens is 216 g/mol. The van der Waals surface area contributed by atoms with Crippen LogP contribution in [0.25, 0.3) is 0 Å². The van der Waals surface area contributed by atoms with Crippen LogP contribution in [0.2, 0.25) is 0 Å². The van der Waals surface area contributed by atoms with Crippen molar-refractivity contribution in [3.8, 4) is 0 Å². The molecule has 1 rings (SSSR count). The molecular formula is C13H26N2O2. The Balaban J connectivity index is 2.25. The molecule has 0 bridgehead atoms. The maximum atomic E-state index is 9.43. The average molecular weight is 242 g/mol. The molecule has 4 heteroatoms. The van der Waals surface area contributed by atoms with Crippen molar-refractivity contribution in [2.24, 2.45) is 4.99 Å². The second-order valence-corrected chi connectivity index (χ2v) is 5.49. The molecule has 2 N–H and O–H groups in total. The normalized spacial score (nSPS) is 26.3. The first-order chi connectivity index (χ1) is 7.93. The number of hydrogen-bond donors (Lipinski definition) is 2. The van der Waals surface area contributed by atoms with Crippen molar-refractivity contribution in [3.63, 3.8) is 0 Å². The van der Waals surface area contributed by atoms with Gasteiger partial charge in [0.05, 0.1) is 17.5 Å². The molecule has 17 heavy (non-hydrogen) atoms. The van der Waals surface area contributed by atoms with Gasteiger partial charge in [-0.05, 0) is 46.5 Å². The zero-order chi connectivity index (χ0) is 12.9. The summed E-state index contributed by atoms with van der Waals surface area (Å²) < 4.78 is 5.34.